The van der Waals surface area contributed by atoms with E-state index in [1.165, 1.54) is 11.3 Å². The minimum Gasteiger partial charge on any atom is -0.482 e. The Morgan fingerprint density at radius 1 is 1.11 bits per heavy atom. The average molecular weight is 462 g/mol. The molecule has 140 valence electrons. The number of rotatable bonds is 6. The monoisotopic (exact) mass is 460 g/mol. The Morgan fingerprint density at radius 3 is 2.74 bits per heavy atom. The number of benzene rings is 2. The number of aromatic nitrogens is 1. The highest BCUT2D eigenvalue weighted by atomic mass is 35.5. The van der Waals surface area contributed by atoms with Crippen molar-refractivity contribution >= 4 is 68.8 Å². The standard InChI is InChI=1S/C18H12Cl4N2O2S/c19-11-4-5-13(20)15(7-11)26-9-16(25)24-18-23-8-12(27-18)6-10-2-1-3-14(21)17(10)22/h1-5,7-8H,6,9H2,(H,23,24,25). The second-order valence-corrected chi connectivity index (χ2v) is 8.18. The molecule has 0 saturated carbocycles. The minimum atomic E-state index is -0.354. The van der Waals surface area contributed by atoms with E-state index in [2.05, 4.69) is 10.3 Å². The fourth-order valence-electron chi connectivity index (χ4n) is 2.21. The Morgan fingerprint density at radius 2 is 1.93 bits per heavy atom. The highest BCUT2D eigenvalue weighted by Crippen LogP contribution is 2.30. The van der Waals surface area contributed by atoms with E-state index in [-0.39, 0.29) is 12.5 Å². The lowest BCUT2D eigenvalue weighted by atomic mass is 10.1. The molecule has 0 aliphatic heterocycles. The summed E-state index contributed by atoms with van der Waals surface area (Å²) in [6.07, 6.45) is 2.26. The number of nitrogens with one attached hydrogen (secondary N) is 1. The van der Waals surface area contributed by atoms with Crippen LogP contribution in [0.5, 0.6) is 5.75 Å². The van der Waals surface area contributed by atoms with Gasteiger partial charge in [-0.3, -0.25) is 10.1 Å². The summed E-state index contributed by atoms with van der Waals surface area (Å²) >= 11 is 25.5. The SMILES string of the molecule is O=C(COc1cc(Cl)ccc1Cl)Nc1ncc(Cc2cccc(Cl)c2Cl)s1. The van der Waals surface area contributed by atoms with E-state index in [1.54, 1.807) is 30.5 Å². The number of carbonyl (C=O) groups excluding carboxylic acids is 1. The molecule has 0 fully saturated rings. The molecule has 0 aliphatic carbocycles. The summed E-state index contributed by atoms with van der Waals surface area (Å²) in [7, 11) is 0. The van der Waals surface area contributed by atoms with E-state index in [4.69, 9.17) is 51.1 Å². The molecule has 0 unspecified atom stereocenters. The van der Waals surface area contributed by atoms with Gasteiger partial charge < -0.3 is 4.74 Å². The number of amides is 1. The molecule has 0 saturated heterocycles. The largest absolute Gasteiger partial charge is 0.482 e. The zero-order valence-electron chi connectivity index (χ0n) is 13.6. The van der Waals surface area contributed by atoms with Crippen molar-refractivity contribution in [1.82, 2.24) is 4.98 Å². The Labute approximate surface area is 180 Å². The fourth-order valence-corrected chi connectivity index (χ4v) is 3.78. The van der Waals surface area contributed by atoms with Crippen LogP contribution in [0, 0.1) is 0 Å². The molecule has 3 rings (SSSR count). The molecule has 0 bridgehead atoms. The molecular weight excluding hydrogens is 450 g/mol. The van der Waals surface area contributed by atoms with Crippen LogP contribution in [-0.4, -0.2) is 17.5 Å². The Kier molecular flexibility index (Phi) is 6.84. The smallest absolute Gasteiger partial charge is 0.264 e. The first-order valence-electron chi connectivity index (χ1n) is 7.67. The van der Waals surface area contributed by atoms with Gasteiger partial charge in [0.2, 0.25) is 0 Å². The molecule has 4 nitrogen and oxygen atoms in total. The third kappa shape index (κ3) is 5.50. The zero-order chi connectivity index (χ0) is 19.4. The first-order valence-corrected chi connectivity index (χ1v) is 10.0. The third-order valence-electron chi connectivity index (χ3n) is 3.45. The molecule has 3 aromatic rings. The fraction of sp³-hybridized carbons (Fsp3) is 0.111. The molecule has 0 aliphatic rings. The topological polar surface area (TPSA) is 51.2 Å². The van der Waals surface area contributed by atoms with Crippen molar-refractivity contribution in [2.75, 3.05) is 11.9 Å². The summed E-state index contributed by atoms with van der Waals surface area (Å²) in [5, 5.41) is 5.02. The van der Waals surface area contributed by atoms with Gasteiger partial charge in [0.25, 0.3) is 5.91 Å². The predicted octanol–water partition coefficient (Wildman–Crippen LogP) is 6.37. The van der Waals surface area contributed by atoms with Crippen molar-refractivity contribution < 1.29 is 9.53 Å². The molecule has 0 atom stereocenters. The van der Waals surface area contributed by atoms with Crippen molar-refractivity contribution in [2.24, 2.45) is 0 Å². The molecule has 1 aromatic heterocycles. The quantitative estimate of drug-likeness (QED) is 0.464. The van der Waals surface area contributed by atoms with Gasteiger partial charge in [0.05, 0.1) is 15.1 Å². The summed E-state index contributed by atoms with van der Waals surface area (Å²) < 4.78 is 5.40. The molecule has 2 aromatic carbocycles. The van der Waals surface area contributed by atoms with E-state index < -0.39 is 0 Å². The van der Waals surface area contributed by atoms with Gasteiger partial charge >= 0.3 is 0 Å². The van der Waals surface area contributed by atoms with Gasteiger partial charge in [-0.15, -0.1) is 11.3 Å². The first-order chi connectivity index (χ1) is 12.9. The van der Waals surface area contributed by atoms with Crippen LogP contribution in [0.15, 0.2) is 42.6 Å². The maximum absolute atomic E-state index is 12.1. The van der Waals surface area contributed by atoms with E-state index >= 15 is 0 Å². The number of hydrogen-bond acceptors (Lipinski definition) is 4. The summed E-state index contributed by atoms with van der Waals surface area (Å²) in [6.45, 7) is -0.213. The third-order valence-corrected chi connectivity index (χ3v) is 5.77. The van der Waals surface area contributed by atoms with Crippen molar-refractivity contribution in [3.05, 3.63) is 73.1 Å². The molecule has 0 radical (unpaired) electrons. The van der Waals surface area contributed by atoms with Gasteiger partial charge in [-0.25, -0.2) is 4.98 Å². The van der Waals surface area contributed by atoms with Crippen molar-refractivity contribution in [2.45, 2.75) is 6.42 Å². The number of halogens is 4. The maximum Gasteiger partial charge on any atom is 0.264 e. The number of nitrogens with zero attached hydrogens (tertiary/aromatic N) is 1. The Bertz CT molecular complexity index is 978. The van der Waals surface area contributed by atoms with Crippen LogP contribution in [0.3, 0.4) is 0 Å². The van der Waals surface area contributed by atoms with Gasteiger partial charge in [-0.1, -0.05) is 58.5 Å². The van der Waals surface area contributed by atoms with Crippen molar-refractivity contribution in [1.29, 1.82) is 0 Å². The van der Waals surface area contributed by atoms with Crippen LogP contribution in [0.1, 0.15) is 10.4 Å². The predicted molar refractivity (Wildman–Crippen MR) is 112 cm³/mol. The number of anilines is 1. The van der Waals surface area contributed by atoms with E-state index in [9.17, 15) is 4.79 Å². The van der Waals surface area contributed by atoms with Gasteiger partial charge in [-0.05, 0) is 23.8 Å². The molecule has 1 heterocycles. The lowest BCUT2D eigenvalue weighted by Gasteiger charge is -2.07. The van der Waals surface area contributed by atoms with E-state index in [1.807, 2.05) is 12.1 Å². The molecule has 1 N–H and O–H groups in total. The summed E-state index contributed by atoms with van der Waals surface area (Å²) in [5.74, 6) is -0.0116. The Hall–Kier alpha value is -1.50. The van der Waals surface area contributed by atoms with Crippen LogP contribution in [-0.2, 0) is 11.2 Å². The van der Waals surface area contributed by atoms with Gasteiger partial charge in [0.15, 0.2) is 11.7 Å². The first kappa shape index (κ1) is 20.2. The van der Waals surface area contributed by atoms with Crippen LogP contribution >= 0.6 is 57.7 Å². The highest BCUT2D eigenvalue weighted by molar-refractivity contribution is 7.15. The maximum atomic E-state index is 12.1. The number of carbonyl (C=O) groups is 1. The van der Waals surface area contributed by atoms with Gasteiger partial charge in [0.1, 0.15) is 5.75 Å². The van der Waals surface area contributed by atoms with E-state index in [0.717, 1.165) is 10.4 Å². The summed E-state index contributed by atoms with van der Waals surface area (Å²) in [4.78, 5) is 17.2. The number of hydrogen-bond donors (Lipinski definition) is 1. The summed E-state index contributed by atoms with van der Waals surface area (Å²) in [5.41, 5.74) is 0.893. The van der Waals surface area contributed by atoms with Gasteiger partial charge in [-0.2, -0.15) is 0 Å². The lowest BCUT2D eigenvalue weighted by Crippen LogP contribution is -2.20. The molecule has 27 heavy (non-hydrogen) atoms. The average Bonchev–Trinajstić information content (AvgIpc) is 3.06. The Balaban J connectivity index is 1.58. The van der Waals surface area contributed by atoms with Gasteiger partial charge in [0, 0.05) is 28.6 Å². The van der Waals surface area contributed by atoms with Crippen LogP contribution in [0.2, 0.25) is 20.1 Å². The number of ether oxygens (including phenoxy) is 1. The normalized spacial score (nSPS) is 10.7. The van der Waals surface area contributed by atoms with Crippen LogP contribution in [0.25, 0.3) is 0 Å². The highest BCUT2D eigenvalue weighted by Gasteiger charge is 2.11. The van der Waals surface area contributed by atoms with Crippen LogP contribution < -0.4 is 10.1 Å². The summed E-state index contributed by atoms with van der Waals surface area (Å²) in [6, 6.07) is 10.3. The van der Waals surface area contributed by atoms with Crippen molar-refractivity contribution in [3.63, 3.8) is 0 Å². The molecule has 1 amide bonds. The minimum absolute atomic E-state index is 0.213. The second kappa shape index (κ2) is 9.13. The zero-order valence-corrected chi connectivity index (χ0v) is 17.5. The lowest BCUT2D eigenvalue weighted by molar-refractivity contribution is -0.118. The molecular formula is C18H12Cl4N2O2S. The second-order valence-electron chi connectivity index (χ2n) is 5.43. The molecule has 9 heteroatoms. The number of thiazole rings is 1. The van der Waals surface area contributed by atoms with Crippen LogP contribution in [0.4, 0.5) is 5.13 Å². The molecule has 0 spiro atoms. The van der Waals surface area contributed by atoms with E-state index in [0.29, 0.717) is 37.4 Å². The van der Waals surface area contributed by atoms with Crippen molar-refractivity contribution in [3.8, 4) is 5.75 Å².